The van der Waals surface area contributed by atoms with E-state index < -0.39 is 11.9 Å². The molecule has 342 valence electrons. The lowest BCUT2D eigenvalue weighted by Gasteiger charge is -2.06. The van der Waals surface area contributed by atoms with Crippen LogP contribution in [0, 0.1) is 11.8 Å². The fourth-order valence-corrected chi connectivity index (χ4v) is 7.18. The smallest absolute Gasteiger partial charge is 0.310 e. The van der Waals surface area contributed by atoms with Gasteiger partial charge in [-0.05, 0) is 19.3 Å². The van der Waals surface area contributed by atoms with Crippen molar-refractivity contribution in [2.24, 2.45) is 11.8 Å². The van der Waals surface area contributed by atoms with Crippen LogP contribution in [-0.2, 0) is 19.1 Å². The van der Waals surface area contributed by atoms with Gasteiger partial charge < -0.3 is 14.9 Å². The van der Waals surface area contributed by atoms with Crippen molar-refractivity contribution in [1.82, 2.24) is 0 Å². The highest BCUT2D eigenvalue weighted by molar-refractivity contribution is 5.72. The lowest BCUT2D eigenvalue weighted by Crippen LogP contribution is -2.10. The first-order chi connectivity index (χ1) is 28.2. The first kappa shape index (κ1) is 59.9. The van der Waals surface area contributed by atoms with E-state index in [4.69, 9.17) is 10.2 Å². The quantitative estimate of drug-likeness (QED) is 0.0275. The molecule has 6 heteroatoms. The van der Waals surface area contributed by atoms with Crippen molar-refractivity contribution in [1.29, 1.82) is 0 Å². The second kappa shape index (κ2) is 52.6. The molecule has 0 aliphatic rings. The minimum absolute atomic E-state index is 0.155. The Balaban J connectivity index is -0.000000792. The molecular formula is C52H98O6. The summed E-state index contributed by atoms with van der Waals surface area (Å²) < 4.78 is 4.64. The molecule has 0 heterocycles. The topological polar surface area (TPSA) is 101 Å². The third-order valence-electron chi connectivity index (χ3n) is 11.1. The lowest BCUT2D eigenvalue weighted by molar-refractivity contribution is -0.141. The van der Waals surface area contributed by atoms with E-state index in [2.05, 4.69) is 45.2 Å². The van der Waals surface area contributed by atoms with Crippen LogP contribution in [0.15, 0.2) is 38.2 Å². The van der Waals surface area contributed by atoms with E-state index in [0.717, 1.165) is 51.4 Å². The average molecular weight is 819 g/mol. The van der Waals surface area contributed by atoms with Gasteiger partial charge in [0.1, 0.15) is 0 Å². The molecule has 0 fully saturated rings. The summed E-state index contributed by atoms with van der Waals surface area (Å²) in [5, 5.41) is 17.8. The molecule has 6 nitrogen and oxygen atoms in total. The molecule has 0 saturated heterocycles. The molecule has 0 bridgehead atoms. The van der Waals surface area contributed by atoms with E-state index in [1.807, 2.05) is 0 Å². The molecule has 0 aromatic carbocycles. The van der Waals surface area contributed by atoms with E-state index in [9.17, 15) is 14.4 Å². The fourth-order valence-electron chi connectivity index (χ4n) is 7.18. The molecule has 0 aromatic rings. The largest absolute Gasteiger partial charge is 0.481 e. The Kier molecular flexibility index (Phi) is 54.4. The number of carboxylic acids is 2. The second-order valence-electron chi connectivity index (χ2n) is 16.7. The van der Waals surface area contributed by atoms with Crippen LogP contribution in [0.3, 0.4) is 0 Å². The van der Waals surface area contributed by atoms with Crippen molar-refractivity contribution < 1.29 is 29.3 Å². The maximum atomic E-state index is 11.0. The Bertz CT molecular complexity index is 898. The highest BCUT2D eigenvalue weighted by Crippen LogP contribution is 2.17. The summed E-state index contributed by atoms with van der Waals surface area (Å²) in [7, 11) is 0. The molecule has 2 N–H and O–H groups in total. The molecule has 0 aliphatic carbocycles. The van der Waals surface area contributed by atoms with E-state index in [0.29, 0.717) is 6.42 Å². The van der Waals surface area contributed by atoms with Crippen molar-refractivity contribution in [2.45, 2.75) is 265 Å². The molecule has 2 unspecified atom stereocenters. The monoisotopic (exact) mass is 819 g/mol. The molecule has 0 rings (SSSR count). The molecule has 58 heavy (non-hydrogen) atoms. The molecule has 2 atom stereocenters. The molecule has 0 radical (unpaired) electrons. The third kappa shape index (κ3) is 51.6. The number of carbonyl (C=O) groups excluding carboxylic acids is 1. The molecule has 0 aliphatic heterocycles. The number of hydrogen-bond donors (Lipinski definition) is 2. The normalized spacial score (nSPS) is 11.6. The summed E-state index contributed by atoms with van der Waals surface area (Å²) in [6.07, 6.45) is 52.2. The number of unbranched alkanes of at least 4 members (excludes halogenated alkanes) is 32. The number of hydrogen-bond acceptors (Lipinski definition) is 4. The zero-order chi connectivity index (χ0) is 43.6. The van der Waals surface area contributed by atoms with Gasteiger partial charge in [-0.3, -0.25) is 14.4 Å². The molecular weight excluding hydrogens is 721 g/mol. The molecule has 0 saturated carbocycles. The Labute approximate surface area is 360 Å². The van der Waals surface area contributed by atoms with Crippen LogP contribution in [-0.4, -0.2) is 28.1 Å². The van der Waals surface area contributed by atoms with E-state index in [1.165, 1.54) is 192 Å². The number of carbonyl (C=O) groups is 3. The van der Waals surface area contributed by atoms with Gasteiger partial charge in [-0.25, -0.2) is 0 Å². The SMILES string of the molecule is C=CC(CCCCCCCCCCCCCC)C(=O)O.C=CC(CCCCCCCCCCCCCCCC)C(=O)O.C=COC(=O)CCCCCCCCCCC. The van der Waals surface area contributed by atoms with Gasteiger partial charge in [-0.15, -0.1) is 13.2 Å². The van der Waals surface area contributed by atoms with Crippen molar-refractivity contribution in [3.63, 3.8) is 0 Å². The van der Waals surface area contributed by atoms with Crippen LogP contribution < -0.4 is 0 Å². The van der Waals surface area contributed by atoms with E-state index >= 15 is 0 Å². The highest BCUT2D eigenvalue weighted by Gasteiger charge is 2.12. The summed E-state index contributed by atoms with van der Waals surface area (Å²) in [5.41, 5.74) is 0. The van der Waals surface area contributed by atoms with Crippen LogP contribution in [0.1, 0.15) is 265 Å². The minimum atomic E-state index is -0.733. The summed E-state index contributed by atoms with van der Waals surface area (Å²) >= 11 is 0. The van der Waals surface area contributed by atoms with E-state index in [1.54, 1.807) is 12.2 Å². The summed E-state index contributed by atoms with van der Waals surface area (Å²) in [6, 6.07) is 0. The van der Waals surface area contributed by atoms with Gasteiger partial charge in [-0.2, -0.15) is 0 Å². The molecule has 0 spiro atoms. The first-order valence-corrected chi connectivity index (χ1v) is 24.8. The number of rotatable bonds is 43. The van der Waals surface area contributed by atoms with Crippen molar-refractivity contribution in [2.75, 3.05) is 0 Å². The van der Waals surface area contributed by atoms with Crippen LogP contribution in [0.5, 0.6) is 0 Å². The van der Waals surface area contributed by atoms with Crippen molar-refractivity contribution >= 4 is 17.9 Å². The minimum Gasteiger partial charge on any atom is -0.481 e. The standard InChI is InChI=1S/C20H38O2.C18H34O2.C14H26O2/c1-3-5-6-7-8-9-10-11-12-13-14-15-16-17-18-19(4-2)20(21)22;1-3-5-6-7-8-9-10-11-12-13-14-15-16-17(4-2)18(19)20;1-3-5-6-7-8-9-10-11-12-13-14(15)16-4-2/h4,19H,2-3,5-18H2,1H3,(H,21,22);4,17H,2-3,5-16H2,1H3,(H,19,20);4H,2-3,5-13H2,1H3. The predicted molar refractivity (Wildman–Crippen MR) is 251 cm³/mol. The van der Waals surface area contributed by atoms with Gasteiger partial charge in [0.2, 0.25) is 0 Å². The third-order valence-corrected chi connectivity index (χ3v) is 11.1. The maximum Gasteiger partial charge on any atom is 0.310 e. The maximum absolute atomic E-state index is 11.0. The van der Waals surface area contributed by atoms with Gasteiger partial charge in [0.15, 0.2) is 0 Å². The highest BCUT2D eigenvalue weighted by atomic mass is 16.5. The summed E-state index contributed by atoms with van der Waals surface area (Å²) in [6.45, 7) is 17.3. The molecule has 0 amide bonds. The van der Waals surface area contributed by atoms with Crippen molar-refractivity contribution in [3.05, 3.63) is 38.2 Å². The van der Waals surface area contributed by atoms with Gasteiger partial charge in [0, 0.05) is 6.42 Å². The van der Waals surface area contributed by atoms with E-state index in [-0.39, 0.29) is 17.8 Å². The van der Waals surface area contributed by atoms with Crippen LogP contribution in [0.4, 0.5) is 0 Å². The fraction of sp³-hybridized carbons (Fsp3) is 0.827. The van der Waals surface area contributed by atoms with Gasteiger partial charge in [0.05, 0.1) is 18.1 Å². The Morgan fingerprint density at radius 2 is 0.621 bits per heavy atom. The van der Waals surface area contributed by atoms with Crippen LogP contribution in [0.2, 0.25) is 0 Å². The first-order valence-electron chi connectivity index (χ1n) is 24.8. The number of carboxylic acid groups (broad SMARTS) is 2. The van der Waals surface area contributed by atoms with Gasteiger partial charge in [0.25, 0.3) is 0 Å². The lowest BCUT2D eigenvalue weighted by atomic mass is 10.00. The zero-order valence-electron chi connectivity index (χ0n) is 38.9. The Morgan fingerprint density at radius 1 is 0.397 bits per heavy atom. The van der Waals surface area contributed by atoms with Gasteiger partial charge in [-0.1, -0.05) is 258 Å². The Morgan fingerprint density at radius 3 is 0.828 bits per heavy atom. The number of ether oxygens (including phenoxy) is 1. The molecule has 0 aromatic heterocycles. The number of aliphatic carboxylic acids is 2. The Hall–Kier alpha value is -2.37. The number of esters is 1. The zero-order valence-corrected chi connectivity index (χ0v) is 38.9. The summed E-state index contributed by atoms with van der Waals surface area (Å²) in [5.74, 6) is -2.32. The van der Waals surface area contributed by atoms with Crippen LogP contribution in [0.25, 0.3) is 0 Å². The van der Waals surface area contributed by atoms with Crippen LogP contribution >= 0.6 is 0 Å². The predicted octanol–water partition coefficient (Wildman–Crippen LogP) is 17.3. The summed E-state index contributed by atoms with van der Waals surface area (Å²) in [4.78, 5) is 32.6. The second-order valence-corrected chi connectivity index (χ2v) is 16.7. The van der Waals surface area contributed by atoms with Gasteiger partial charge >= 0.3 is 17.9 Å². The van der Waals surface area contributed by atoms with Crippen molar-refractivity contribution in [3.8, 4) is 0 Å². The average Bonchev–Trinajstić information content (AvgIpc) is 3.21.